The van der Waals surface area contributed by atoms with Gasteiger partial charge in [-0.25, -0.2) is 13.4 Å². The fourth-order valence-electron chi connectivity index (χ4n) is 1.99. The summed E-state index contributed by atoms with van der Waals surface area (Å²) < 4.78 is 32.4. The highest BCUT2D eigenvalue weighted by atomic mass is 35.5. The Kier molecular flexibility index (Phi) is 6.46. The lowest BCUT2D eigenvalue weighted by Gasteiger charge is -2.12. The zero-order chi connectivity index (χ0) is 18.4. The number of rotatable bonds is 8. The first-order valence-corrected chi connectivity index (χ1v) is 9.39. The minimum atomic E-state index is -3.76. The molecule has 2 rings (SSSR count). The molecule has 2 N–H and O–H groups in total. The van der Waals surface area contributed by atoms with Gasteiger partial charge in [0.25, 0.3) is 10.0 Å². The van der Waals surface area contributed by atoms with Crippen molar-refractivity contribution in [2.45, 2.75) is 4.90 Å². The van der Waals surface area contributed by atoms with E-state index in [4.69, 9.17) is 16.3 Å². The molecule has 1 aromatic carbocycles. The normalized spacial score (nSPS) is 11.4. The average molecular weight is 385 g/mol. The molecular weight excluding hydrogens is 364 g/mol. The quantitative estimate of drug-likeness (QED) is 0.727. The van der Waals surface area contributed by atoms with Crippen molar-refractivity contribution in [2.75, 3.05) is 44.3 Å². The SMILES string of the molecule is COc1ccc(S(=O)(=O)Nc2ccc(NCCN(C)C)nc2)cc1Cl. The van der Waals surface area contributed by atoms with Crippen molar-refractivity contribution in [1.29, 1.82) is 0 Å². The number of aromatic nitrogens is 1. The number of ether oxygens (including phenoxy) is 1. The minimum absolute atomic E-state index is 0.0477. The Bertz CT molecular complexity index is 811. The van der Waals surface area contributed by atoms with Crippen LogP contribution in [0.2, 0.25) is 5.02 Å². The number of nitrogens with zero attached hydrogens (tertiary/aromatic N) is 2. The molecule has 0 amide bonds. The standard InChI is InChI=1S/C16H21ClN4O3S/c1-21(2)9-8-18-16-7-4-12(11-19-16)20-25(22,23)13-5-6-15(24-3)14(17)10-13/h4-7,10-11,20H,8-9H2,1-3H3,(H,18,19). The van der Waals surface area contributed by atoms with Crippen LogP contribution in [0.15, 0.2) is 41.4 Å². The molecule has 0 saturated carbocycles. The zero-order valence-corrected chi connectivity index (χ0v) is 15.9. The topological polar surface area (TPSA) is 83.6 Å². The molecule has 2 aromatic rings. The van der Waals surface area contributed by atoms with Gasteiger partial charge in [0.05, 0.1) is 28.9 Å². The maximum atomic E-state index is 12.4. The number of likely N-dealkylation sites (N-methyl/N-ethyl adjacent to an activating group) is 1. The lowest BCUT2D eigenvalue weighted by molar-refractivity contribution is 0.414. The van der Waals surface area contributed by atoms with Gasteiger partial charge in [-0.2, -0.15) is 0 Å². The van der Waals surface area contributed by atoms with Gasteiger partial charge >= 0.3 is 0 Å². The molecule has 9 heteroatoms. The zero-order valence-electron chi connectivity index (χ0n) is 14.3. The second kappa shape index (κ2) is 8.37. The summed E-state index contributed by atoms with van der Waals surface area (Å²) >= 11 is 5.99. The molecule has 0 bridgehead atoms. The summed E-state index contributed by atoms with van der Waals surface area (Å²) in [4.78, 5) is 6.29. The summed E-state index contributed by atoms with van der Waals surface area (Å²) in [5.41, 5.74) is 0.366. The second-order valence-electron chi connectivity index (χ2n) is 5.56. The van der Waals surface area contributed by atoms with Crippen molar-refractivity contribution in [1.82, 2.24) is 9.88 Å². The van der Waals surface area contributed by atoms with E-state index in [2.05, 4.69) is 19.9 Å². The highest BCUT2D eigenvalue weighted by Gasteiger charge is 2.16. The third-order valence-corrected chi connectivity index (χ3v) is 4.99. The number of anilines is 2. The van der Waals surface area contributed by atoms with Gasteiger partial charge in [0.1, 0.15) is 11.6 Å². The van der Waals surface area contributed by atoms with Crippen LogP contribution in [0.1, 0.15) is 0 Å². The molecule has 0 fully saturated rings. The van der Waals surface area contributed by atoms with Crippen molar-refractivity contribution in [3.63, 3.8) is 0 Å². The monoisotopic (exact) mass is 384 g/mol. The predicted octanol–water partition coefficient (Wildman–Crippen LogP) is 2.52. The summed E-state index contributed by atoms with van der Waals surface area (Å²) in [5, 5.41) is 3.38. The van der Waals surface area contributed by atoms with E-state index in [-0.39, 0.29) is 9.92 Å². The van der Waals surface area contributed by atoms with Crippen molar-refractivity contribution < 1.29 is 13.2 Å². The van der Waals surface area contributed by atoms with Crippen molar-refractivity contribution in [3.8, 4) is 5.75 Å². The van der Waals surface area contributed by atoms with Crippen LogP contribution in [-0.4, -0.2) is 52.6 Å². The first-order chi connectivity index (χ1) is 11.8. The lowest BCUT2D eigenvalue weighted by atomic mass is 10.3. The first-order valence-electron chi connectivity index (χ1n) is 7.53. The van der Waals surface area contributed by atoms with Crippen LogP contribution >= 0.6 is 11.6 Å². The summed E-state index contributed by atoms with van der Waals surface area (Å²) in [6, 6.07) is 7.64. The molecule has 0 aliphatic heterocycles. The van der Waals surface area contributed by atoms with Gasteiger partial charge in [0, 0.05) is 13.1 Å². The van der Waals surface area contributed by atoms with E-state index < -0.39 is 10.0 Å². The van der Waals surface area contributed by atoms with Crippen LogP contribution in [0, 0.1) is 0 Å². The number of benzene rings is 1. The maximum absolute atomic E-state index is 12.4. The Morgan fingerprint density at radius 1 is 1.24 bits per heavy atom. The van der Waals surface area contributed by atoms with E-state index in [0.717, 1.165) is 13.1 Å². The van der Waals surface area contributed by atoms with Gasteiger partial charge in [-0.3, -0.25) is 4.72 Å². The highest BCUT2D eigenvalue weighted by Crippen LogP contribution is 2.27. The van der Waals surface area contributed by atoms with Crippen LogP contribution in [-0.2, 0) is 10.0 Å². The second-order valence-corrected chi connectivity index (χ2v) is 7.65. The Labute approximate surface area is 153 Å². The molecule has 0 saturated heterocycles. The van der Waals surface area contributed by atoms with Gasteiger partial charge < -0.3 is 15.0 Å². The molecule has 7 nitrogen and oxygen atoms in total. The summed E-state index contributed by atoms with van der Waals surface area (Å²) in [5.74, 6) is 1.09. The molecule has 0 unspecified atom stereocenters. The van der Waals surface area contributed by atoms with E-state index >= 15 is 0 Å². The molecule has 0 aliphatic carbocycles. The summed E-state index contributed by atoms with van der Waals surface area (Å²) in [6.45, 7) is 1.61. The molecule has 0 atom stereocenters. The summed E-state index contributed by atoms with van der Waals surface area (Å²) in [6.07, 6.45) is 1.46. The molecule has 136 valence electrons. The van der Waals surface area contributed by atoms with Crippen molar-refractivity contribution >= 4 is 33.1 Å². The van der Waals surface area contributed by atoms with Crippen molar-refractivity contribution in [3.05, 3.63) is 41.6 Å². The number of methoxy groups -OCH3 is 1. The van der Waals surface area contributed by atoms with Gasteiger partial charge in [0.2, 0.25) is 0 Å². The van der Waals surface area contributed by atoms with Crippen molar-refractivity contribution in [2.24, 2.45) is 0 Å². The Morgan fingerprint density at radius 3 is 2.56 bits per heavy atom. The molecule has 1 heterocycles. The molecular formula is C16H21ClN4O3S. The largest absolute Gasteiger partial charge is 0.495 e. The van der Waals surface area contributed by atoms with E-state index in [1.54, 1.807) is 12.1 Å². The Morgan fingerprint density at radius 2 is 2.00 bits per heavy atom. The van der Waals surface area contributed by atoms with Gasteiger partial charge in [-0.05, 0) is 44.4 Å². The third kappa shape index (κ3) is 5.48. The van der Waals surface area contributed by atoms with Gasteiger partial charge in [-0.15, -0.1) is 0 Å². The summed E-state index contributed by atoms with van der Waals surface area (Å²) in [7, 11) is 1.68. The van der Waals surface area contributed by atoms with Gasteiger partial charge in [-0.1, -0.05) is 11.6 Å². The molecule has 0 aliphatic rings. The number of halogens is 1. The number of pyridine rings is 1. The van der Waals surface area contributed by atoms with Crippen LogP contribution in [0.25, 0.3) is 0 Å². The van der Waals surface area contributed by atoms with E-state index in [1.807, 2.05) is 14.1 Å². The fourth-order valence-corrected chi connectivity index (χ4v) is 3.39. The van der Waals surface area contributed by atoms with Crippen LogP contribution in [0.3, 0.4) is 0 Å². The first kappa shape index (κ1) is 19.3. The van der Waals surface area contributed by atoms with E-state index in [0.29, 0.717) is 17.3 Å². The lowest BCUT2D eigenvalue weighted by Crippen LogP contribution is -2.21. The number of sulfonamides is 1. The molecule has 25 heavy (non-hydrogen) atoms. The number of nitrogens with one attached hydrogen (secondary N) is 2. The molecule has 0 radical (unpaired) electrons. The minimum Gasteiger partial charge on any atom is -0.495 e. The van der Waals surface area contributed by atoms with Gasteiger partial charge in [0.15, 0.2) is 0 Å². The average Bonchev–Trinajstić information content (AvgIpc) is 2.56. The molecule has 0 spiro atoms. The molecule has 1 aromatic heterocycles. The number of hydrogen-bond donors (Lipinski definition) is 2. The van der Waals surface area contributed by atoms with Crippen LogP contribution < -0.4 is 14.8 Å². The Balaban J connectivity index is 2.06. The Hall–Kier alpha value is -2.03. The predicted molar refractivity (Wildman–Crippen MR) is 100 cm³/mol. The maximum Gasteiger partial charge on any atom is 0.261 e. The van der Waals surface area contributed by atoms with E-state index in [1.165, 1.54) is 31.5 Å². The third-order valence-electron chi connectivity index (χ3n) is 3.31. The fraction of sp³-hybridized carbons (Fsp3) is 0.312. The van der Waals surface area contributed by atoms with Crippen LogP contribution in [0.5, 0.6) is 5.75 Å². The highest BCUT2D eigenvalue weighted by molar-refractivity contribution is 7.92. The van der Waals surface area contributed by atoms with E-state index in [9.17, 15) is 8.42 Å². The smallest absolute Gasteiger partial charge is 0.261 e. The van der Waals surface area contributed by atoms with Crippen LogP contribution in [0.4, 0.5) is 11.5 Å². The number of hydrogen-bond acceptors (Lipinski definition) is 6.